The molecule has 196 valence electrons. The molecule has 5 N–H and O–H groups in total. The normalized spacial score (nSPS) is 11.6. The van der Waals surface area contributed by atoms with Crippen molar-refractivity contribution in [2.75, 3.05) is 11.9 Å². The van der Waals surface area contributed by atoms with E-state index in [4.69, 9.17) is 9.84 Å². The van der Waals surface area contributed by atoms with Gasteiger partial charge in [-0.15, -0.1) is 0 Å². The lowest BCUT2D eigenvalue weighted by atomic mass is 10.0. The number of ether oxygens (including phenoxy) is 1. The maximum absolute atomic E-state index is 12.9. The fraction of sp³-hybridized carbons (Fsp3) is 0.207. The molecule has 3 aromatic carbocycles. The third kappa shape index (κ3) is 6.98. The van der Waals surface area contributed by atoms with Crippen LogP contribution in [0.15, 0.2) is 79.0 Å². The highest BCUT2D eigenvalue weighted by atomic mass is 16.5. The van der Waals surface area contributed by atoms with E-state index in [-0.39, 0.29) is 13.2 Å². The standard InChI is InChI=1S/C29H29N3O6/c33-14-4-7-19-8-10-21(11-9-19)22-12-13-23-24(15-22)30-17-26(23)31-28(36)25(16-27(34)35)32-29(37)38-18-20-5-2-1-3-6-20/h1-3,5-6,8-13,15,17,25,30,33H,4,7,14,16,18H2,(H,31,36)(H,32,37)(H,34,35). The molecule has 0 saturated heterocycles. The van der Waals surface area contributed by atoms with Crippen molar-refractivity contribution in [3.63, 3.8) is 0 Å². The number of aliphatic carboxylic acids is 1. The van der Waals surface area contributed by atoms with Gasteiger partial charge in [0.2, 0.25) is 5.91 Å². The van der Waals surface area contributed by atoms with Gasteiger partial charge in [0.1, 0.15) is 12.6 Å². The number of carbonyl (C=O) groups excluding carboxylic acids is 2. The molecule has 2 amide bonds. The van der Waals surface area contributed by atoms with E-state index in [1.54, 1.807) is 30.5 Å². The smallest absolute Gasteiger partial charge is 0.408 e. The van der Waals surface area contributed by atoms with Crippen molar-refractivity contribution >= 4 is 34.6 Å². The lowest BCUT2D eigenvalue weighted by Crippen LogP contribution is -2.45. The largest absolute Gasteiger partial charge is 0.481 e. The molecule has 1 heterocycles. The van der Waals surface area contributed by atoms with Gasteiger partial charge in [-0.1, -0.05) is 66.7 Å². The number of anilines is 1. The number of H-pyrrole nitrogens is 1. The minimum absolute atomic E-state index is 0.00967. The van der Waals surface area contributed by atoms with Crippen LogP contribution in [-0.4, -0.2) is 45.8 Å². The number of benzene rings is 3. The first-order valence-electron chi connectivity index (χ1n) is 12.2. The van der Waals surface area contributed by atoms with Gasteiger partial charge in [0.25, 0.3) is 0 Å². The van der Waals surface area contributed by atoms with Crippen molar-refractivity contribution < 1.29 is 29.3 Å². The summed E-state index contributed by atoms with van der Waals surface area (Å²) in [5.74, 6) is -1.91. The summed E-state index contributed by atoms with van der Waals surface area (Å²) in [6.45, 7) is 0.153. The highest BCUT2D eigenvalue weighted by Crippen LogP contribution is 2.29. The number of carboxylic acids is 1. The van der Waals surface area contributed by atoms with Crippen molar-refractivity contribution in [3.8, 4) is 11.1 Å². The molecule has 1 atom stereocenters. The molecule has 0 aliphatic rings. The van der Waals surface area contributed by atoms with E-state index in [0.717, 1.165) is 46.0 Å². The molecular weight excluding hydrogens is 486 g/mol. The number of aryl methyl sites for hydroxylation is 1. The number of aromatic nitrogens is 1. The average molecular weight is 516 g/mol. The van der Waals surface area contributed by atoms with E-state index in [0.29, 0.717) is 5.69 Å². The zero-order chi connectivity index (χ0) is 26.9. The molecule has 9 nitrogen and oxygen atoms in total. The van der Waals surface area contributed by atoms with Gasteiger partial charge in [0.05, 0.1) is 12.1 Å². The number of nitrogens with one attached hydrogen (secondary N) is 3. The molecule has 1 unspecified atom stereocenters. The van der Waals surface area contributed by atoms with E-state index in [9.17, 15) is 19.5 Å². The Labute approximate surface area is 219 Å². The van der Waals surface area contributed by atoms with Gasteiger partial charge >= 0.3 is 12.1 Å². The van der Waals surface area contributed by atoms with Crippen LogP contribution in [0.2, 0.25) is 0 Å². The highest BCUT2D eigenvalue weighted by Gasteiger charge is 2.25. The van der Waals surface area contributed by atoms with E-state index in [2.05, 4.69) is 15.6 Å². The van der Waals surface area contributed by atoms with Gasteiger partial charge in [-0.25, -0.2) is 4.79 Å². The number of rotatable bonds is 11. The Morgan fingerprint density at radius 2 is 1.66 bits per heavy atom. The maximum Gasteiger partial charge on any atom is 0.408 e. The van der Waals surface area contributed by atoms with Crippen molar-refractivity contribution in [2.45, 2.75) is 31.9 Å². The molecule has 1 aromatic heterocycles. The lowest BCUT2D eigenvalue weighted by molar-refractivity contribution is -0.139. The summed E-state index contributed by atoms with van der Waals surface area (Å²) in [6.07, 6.45) is 1.67. The number of fused-ring (bicyclic) bond motifs is 1. The molecular formula is C29H29N3O6. The topological polar surface area (TPSA) is 141 Å². The van der Waals surface area contributed by atoms with Crippen LogP contribution >= 0.6 is 0 Å². The number of amides is 2. The summed E-state index contributed by atoms with van der Waals surface area (Å²) in [5, 5.41) is 24.1. The molecule has 0 aliphatic carbocycles. The summed E-state index contributed by atoms with van der Waals surface area (Å²) in [4.78, 5) is 39.6. The van der Waals surface area contributed by atoms with E-state index < -0.39 is 30.4 Å². The second kappa shape index (κ2) is 12.6. The van der Waals surface area contributed by atoms with Crippen LogP contribution < -0.4 is 10.6 Å². The van der Waals surface area contributed by atoms with Crippen LogP contribution in [0, 0.1) is 0 Å². The number of alkyl carbamates (subject to hydrolysis) is 1. The summed E-state index contributed by atoms with van der Waals surface area (Å²) in [6, 6.07) is 21.6. The van der Waals surface area contributed by atoms with Gasteiger partial charge in [0, 0.05) is 23.7 Å². The minimum atomic E-state index is -1.33. The first kappa shape index (κ1) is 26.4. The van der Waals surface area contributed by atoms with Gasteiger partial charge in [0.15, 0.2) is 0 Å². The summed E-state index contributed by atoms with van der Waals surface area (Å²) >= 11 is 0. The third-order valence-corrected chi connectivity index (χ3v) is 6.05. The fourth-order valence-electron chi connectivity index (χ4n) is 4.07. The number of aliphatic hydroxyl groups excluding tert-OH is 1. The second-order valence-electron chi connectivity index (χ2n) is 8.83. The monoisotopic (exact) mass is 515 g/mol. The summed E-state index contributed by atoms with van der Waals surface area (Å²) in [5.41, 5.74) is 5.18. The quantitative estimate of drug-likeness (QED) is 0.200. The van der Waals surface area contributed by atoms with Crippen molar-refractivity contribution in [3.05, 3.63) is 90.1 Å². The Balaban J connectivity index is 1.42. The van der Waals surface area contributed by atoms with Crippen LogP contribution in [0.5, 0.6) is 0 Å². The first-order valence-corrected chi connectivity index (χ1v) is 12.2. The number of aliphatic hydroxyl groups is 1. The fourth-order valence-corrected chi connectivity index (χ4v) is 4.07. The summed E-state index contributed by atoms with van der Waals surface area (Å²) < 4.78 is 5.14. The Hall–Kier alpha value is -4.63. The number of hydrogen-bond acceptors (Lipinski definition) is 5. The zero-order valence-corrected chi connectivity index (χ0v) is 20.6. The van der Waals surface area contributed by atoms with E-state index >= 15 is 0 Å². The van der Waals surface area contributed by atoms with Crippen LogP contribution in [0.25, 0.3) is 22.0 Å². The Bertz CT molecular complexity index is 1400. The number of hydrogen-bond donors (Lipinski definition) is 5. The number of aromatic amines is 1. The summed E-state index contributed by atoms with van der Waals surface area (Å²) in [7, 11) is 0. The molecule has 0 aliphatic heterocycles. The Kier molecular flexibility index (Phi) is 8.73. The van der Waals surface area contributed by atoms with E-state index in [1.165, 1.54) is 0 Å². The molecule has 4 aromatic rings. The molecule has 0 spiro atoms. The first-order chi connectivity index (χ1) is 18.4. The van der Waals surface area contributed by atoms with Crippen molar-refractivity contribution in [1.82, 2.24) is 10.3 Å². The number of carboxylic acid groups (broad SMARTS) is 1. The van der Waals surface area contributed by atoms with Gasteiger partial charge < -0.3 is 30.6 Å². The van der Waals surface area contributed by atoms with Gasteiger partial charge in [-0.2, -0.15) is 0 Å². The maximum atomic E-state index is 12.9. The zero-order valence-electron chi connectivity index (χ0n) is 20.6. The van der Waals surface area contributed by atoms with Crippen LogP contribution in [0.3, 0.4) is 0 Å². The highest BCUT2D eigenvalue weighted by molar-refractivity contribution is 6.05. The minimum Gasteiger partial charge on any atom is -0.481 e. The third-order valence-electron chi connectivity index (χ3n) is 6.05. The SMILES string of the molecule is O=C(O)CC(NC(=O)OCc1ccccc1)C(=O)Nc1c[nH]c2cc(-c3ccc(CCCO)cc3)ccc12. The Morgan fingerprint density at radius 3 is 2.37 bits per heavy atom. The lowest BCUT2D eigenvalue weighted by Gasteiger charge is -2.16. The predicted molar refractivity (Wildman–Crippen MR) is 144 cm³/mol. The van der Waals surface area contributed by atoms with Crippen LogP contribution in [0.4, 0.5) is 10.5 Å². The molecule has 0 fully saturated rings. The second-order valence-corrected chi connectivity index (χ2v) is 8.83. The predicted octanol–water partition coefficient (Wildman–Crippen LogP) is 4.47. The Morgan fingerprint density at radius 1 is 0.921 bits per heavy atom. The molecule has 0 saturated carbocycles. The average Bonchev–Trinajstić information content (AvgIpc) is 3.32. The van der Waals surface area contributed by atoms with Crippen molar-refractivity contribution in [1.29, 1.82) is 0 Å². The van der Waals surface area contributed by atoms with Crippen molar-refractivity contribution in [2.24, 2.45) is 0 Å². The van der Waals surface area contributed by atoms with Gasteiger partial charge in [-0.3, -0.25) is 9.59 Å². The van der Waals surface area contributed by atoms with Crippen LogP contribution in [-0.2, 0) is 27.4 Å². The molecule has 0 bridgehead atoms. The molecule has 0 radical (unpaired) electrons. The molecule has 4 rings (SSSR count). The van der Waals surface area contributed by atoms with Crippen LogP contribution in [0.1, 0.15) is 24.0 Å². The molecule has 9 heteroatoms. The molecule has 38 heavy (non-hydrogen) atoms. The van der Waals surface area contributed by atoms with Gasteiger partial charge in [-0.05, 0) is 41.2 Å². The van der Waals surface area contributed by atoms with E-state index in [1.807, 2.05) is 48.5 Å². The number of carbonyl (C=O) groups is 3.